The molecule has 0 bridgehead atoms. The van der Waals surface area contributed by atoms with Gasteiger partial charge in [-0.1, -0.05) is 0 Å². The third-order valence-electron chi connectivity index (χ3n) is 3.94. The standard InChI is InChI=1S/C17H19FN4O2/c1-13(24-15-4-2-14(18)3-5-15)17(23)22-10-8-21(9-11-22)16-12-19-6-7-20-16/h2-7,12-13H,8-11H2,1H3. The van der Waals surface area contributed by atoms with Gasteiger partial charge in [-0.15, -0.1) is 0 Å². The van der Waals surface area contributed by atoms with E-state index in [4.69, 9.17) is 4.74 Å². The summed E-state index contributed by atoms with van der Waals surface area (Å²) in [5.41, 5.74) is 0. The molecule has 0 aliphatic carbocycles. The fourth-order valence-electron chi connectivity index (χ4n) is 2.64. The number of nitrogens with zero attached hydrogens (tertiary/aromatic N) is 4. The third kappa shape index (κ3) is 3.79. The van der Waals surface area contributed by atoms with Crippen LogP contribution in [0, 0.1) is 5.82 Å². The largest absolute Gasteiger partial charge is 0.481 e. The number of rotatable bonds is 4. The first kappa shape index (κ1) is 16.2. The smallest absolute Gasteiger partial charge is 0.263 e. The van der Waals surface area contributed by atoms with Crippen LogP contribution in [0.4, 0.5) is 10.2 Å². The summed E-state index contributed by atoms with van der Waals surface area (Å²) in [5.74, 6) is 0.898. The summed E-state index contributed by atoms with van der Waals surface area (Å²) in [4.78, 5) is 24.7. The predicted octanol–water partition coefficient (Wildman–Crippen LogP) is 1.73. The maximum Gasteiger partial charge on any atom is 0.263 e. The van der Waals surface area contributed by atoms with Crippen molar-refractivity contribution in [1.82, 2.24) is 14.9 Å². The summed E-state index contributed by atoms with van der Waals surface area (Å²) in [7, 11) is 0. The Bertz CT molecular complexity index is 673. The first-order chi connectivity index (χ1) is 11.6. The number of anilines is 1. The summed E-state index contributed by atoms with van der Waals surface area (Å²) in [5, 5.41) is 0. The van der Waals surface area contributed by atoms with Crippen molar-refractivity contribution >= 4 is 11.7 Å². The SMILES string of the molecule is CC(Oc1ccc(F)cc1)C(=O)N1CCN(c2cnccn2)CC1. The molecule has 1 fully saturated rings. The lowest BCUT2D eigenvalue weighted by Crippen LogP contribution is -2.52. The highest BCUT2D eigenvalue weighted by Crippen LogP contribution is 2.16. The van der Waals surface area contributed by atoms with E-state index in [0.29, 0.717) is 31.9 Å². The van der Waals surface area contributed by atoms with Gasteiger partial charge in [0, 0.05) is 38.6 Å². The average molecular weight is 330 g/mol. The lowest BCUT2D eigenvalue weighted by molar-refractivity contribution is -0.138. The van der Waals surface area contributed by atoms with Crippen LogP contribution in [0.15, 0.2) is 42.9 Å². The molecule has 0 saturated carbocycles. The molecule has 6 nitrogen and oxygen atoms in total. The van der Waals surface area contributed by atoms with Gasteiger partial charge in [0.1, 0.15) is 17.4 Å². The van der Waals surface area contributed by atoms with E-state index in [1.165, 1.54) is 24.3 Å². The van der Waals surface area contributed by atoms with Gasteiger partial charge >= 0.3 is 0 Å². The van der Waals surface area contributed by atoms with E-state index in [1.54, 1.807) is 30.4 Å². The van der Waals surface area contributed by atoms with Crippen molar-refractivity contribution in [1.29, 1.82) is 0 Å². The van der Waals surface area contributed by atoms with Gasteiger partial charge in [-0.05, 0) is 31.2 Å². The molecule has 0 radical (unpaired) electrons. The van der Waals surface area contributed by atoms with Crippen LogP contribution in [0.2, 0.25) is 0 Å². The molecule has 1 amide bonds. The Balaban J connectivity index is 1.53. The quantitative estimate of drug-likeness (QED) is 0.854. The van der Waals surface area contributed by atoms with Crippen LogP contribution in [0.3, 0.4) is 0 Å². The maximum atomic E-state index is 12.9. The number of benzene rings is 1. The molecule has 0 spiro atoms. The molecule has 3 rings (SSSR count). The molecule has 1 saturated heterocycles. The first-order valence-electron chi connectivity index (χ1n) is 7.85. The Morgan fingerprint density at radius 3 is 2.50 bits per heavy atom. The number of hydrogen-bond acceptors (Lipinski definition) is 5. The summed E-state index contributed by atoms with van der Waals surface area (Å²) in [6.07, 6.45) is 4.40. The van der Waals surface area contributed by atoms with Crippen molar-refractivity contribution in [2.24, 2.45) is 0 Å². The molecule has 1 aromatic carbocycles. The van der Waals surface area contributed by atoms with Gasteiger partial charge in [0.2, 0.25) is 0 Å². The van der Waals surface area contributed by atoms with Crippen LogP contribution in [0.25, 0.3) is 0 Å². The normalized spacial score (nSPS) is 15.9. The second kappa shape index (κ2) is 7.25. The minimum Gasteiger partial charge on any atom is -0.481 e. The van der Waals surface area contributed by atoms with E-state index in [2.05, 4.69) is 14.9 Å². The van der Waals surface area contributed by atoms with E-state index < -0.39 is 6.10 Å². The summed E-state index contributed by atoms with van der Waals surface area (Å²) in [6.45, 7) is 4.32. The molecule has 1 aliphatic heterocycles. The van der Waals surface area contributed by atoms with Gasteiger partial charge < -0.3 is 14.5 Å². The van der Waals surface area contributed by atoms with Crippen molar-refractivity contribution in [2.75, 3.05) is 31.1 Å². The highest BCUT2D eigenvalue weighted by molar-refractivity contribution is 5.81. The number of halogens is 1. The summed E-state index contributed by atoms with van der Waals surface area (Å²) < 4.78 is 18.5. The van der Waals surface area contributed by atoms with E-state index >= 15 is 0 Å². The topological polar surface area (TPSA) is 58.6 Å². The lowest BCUT2D eigenvalue weighted by Gasteiger charge is -2.36. The molecular weight excluding hydrogens is 311 g/mol. The molecule has 1 aromatic heterocycles. The molecule has 24 heavy (non-hydrogen) atoms. The van der Waals surface area contributed by atoms with Crippen LogP contribution in [-0.2, 0) is 4.79 Å². The minimum atomic E-state index is -0.612. The number of piperazine rings is 1. The summed E-state index contributed by atoms with van der Waals surface area (Å²) in [6, 6.07) is 5.66. The Morgan fingerprint density at radius 2 is 1.88 bits per heavy atom. The van der Waals surface area contributed by atoms with E-state index in [1.807, 2.05) is 0 Å². The van der Waals surface area contributed by atoms with Crippen LogP contribution < -0.4 is 9.64 Å². The maximum absolute atomic E-state index is 12.9. The molecule has 126 valence electrons. The number of aromatic nitrogens is 2. The van der Waals surface area contributed by atoms with E-state index in [9.17, 15) is 9.18 Å². The lowest BCUT2D eigenvalue weighted by atomic mass is 10.2. The zero-order valence-corrected chi connectivity index (χ0v) is 13.4. The van der Waals surface area contributed by atoms with Gasteiger partial charge in [0.25, 0.3) is 5.91 Å². The number of carbonyl (C=O) groups excluding carboxylic acids is 1. The molecule has 1 atom stereocenters. The Morgan fingerprint density at radius 1 is 1.17 bits per heavy atom. The molecule has 1 unspecified atom stereocenters. The monoisotopic (exact) mass is 330 g/mol. The van der Waals surface area contributed by atoms with Gasteiger partial charge in [-0.25, -0.2) is 9.37 Å². The highest BCUT2D eigenvalue weighted by atomic mass is 19.1. The van der Waals surface area contributed by atoms with Gasteiger partial charge in [-0.3, -0.25) is 9.78 Å². The van der Waals surface area contributed by atoms with Crippen LogP contribution in [-0.4, -0.2) is 53.1 Å². The molecular formula is C17H19FN4O2. The number of carbonyl (C=O) groups is 1. The zero-order valence-electron chi connectivity index (χ0n) is 13.4. The fraction of sp³-hybridized carbons (Fsp3) is 0.353. The van der Waals surface area contributed by atoms with Crippen LogP contribution in [0.1, 0.15) is 6.92 Å². The molecule has 0 N–H and O–H groups in total. The van der Waals surface area contributed by atoms with Crippen LogP contribution in [0.5, 0.6) is 5.75 Å². The van der Waals surface area contributed by atoms with Gasteiger partial charge in [0.15, 0.2) is 6.10 Å². The van der Waals surface area contributed by atoms with E-state index in [-0.39, 0.29) is 11.7 Å². The molecule has 2 heterocycles. The second-order valence-corrected chi connectivity index (χ2v) is 5.59. The van der Waals surface area contributed by atoms with Crippen molar-refractivity contribution in [3.05, 3.63) is 48.7 Å². The van der Waals surface area contributed by atoms with Crippen molar-refractivity contribution < 1.29 is 13.9 Å². The molecule has 1 aliphatic rings. The molecule has 2 aromatic rings. The number of ether oxygens (including phenoxy) is 1. The third-order valence-corrected chi connectivity index (χ3v) is 3.94. The van der Waals surface area contributed by atoms with Gasteiger partial charge in [0.05, 0.1) is 6.20 Å². The summed E-state index contributed by atoms with van der Waals surface area (Å²) >= 11 is 0. The fourth-order valence-corrected chi connectivity index (χ4v) is 2.64. The number of amides is 1. The Hall–Kier alpha value is -2.70. The average Bonchev–Trinajstić information content (AvgIpc) is 2.64. The van der Waals surface area contributed by atoms with Crippen molar-refractivity contribution in [3.63, 3.8) is 0 Å². The van der Waals surface area contributed by atoms with Crippen molar-refractivity contribution in [2.45, 2.75) is 13.0 Å². The predicted molar refractivity (Wildman–Crippen MR) is 87.3 cm³/mol. The minimum absolute atomic E-state index is 0.0712. The second-order valence-electron chi connectivity index (χ2n) is 5.59. The Labute approximate surface area is 139 Å². The van der Waals surface area contributed by atoms with Crippen LogP contribution >= 0.6 is 0 Å². The van der Waals surface area contributed by atoms with Crippen molar-refractivity contribution in [3.8, 4) is 5.75 Å². The highest BCUT2D eigenvalue weighted by Gasteiger charge is 2.26. The first-order valence-corrected chi connectivity index (χ1v) is 7.85. The van der Waals surface area contributed by atoms with E-state index in [0.717, 1.165) is 5.82 Å². The Kier molecular flexibility index (Phi) is 4.88. The number of hydrogen-bond donors (Lipinski definition) is 0. The molecule has 7 heteroatoms. The zero-order chi connectivity index (χ0) is 16.9. The van der Waals surface area contributed by atoms with Gasteiger partial charge in [-0.2, -0.15) is 0 Å².